The number of aryl methyl sites for hydroxylation is 1. The van der Waals surface area contributed by atoms with Crippen LogP contribution in [0.5, 0.6) is 0 Å². The van der Waals surface area contributed by atoms with Gasteiger partial charge in [-0.2, -0.15) is 11.8 Å². The Morgan fingerprint density at radius 3 is 2.86 bits per heavy atom. The summed E-state index contributed by atoms with van der Waals surface area (Å²) in [7, 11) is 0. The van der Waals surface area contributed by atoms with Crippen molar-refractivity contribution in [3.63, 3.8) is 0 Å². The molecule has 0 fully saturated rings. The molecule has 0 aliphatic carbocycles. The molecule has 0 nitrogen and oxygen atoms in total. The molecule has 1 rings (SSSR count). The van der Waals surface area contributed by atoms with Crippen LogP contribution in [0.15, 0.2) is 24.3 Å². The molecular weight excluding hydrogens is 212 g/mol. The summed E-state index contributed by atoms with van der Waals surface area (Å²) in [6.07, 6.45) is 2.38. The summed E-state index contributed by atoms with van der Waals surface area (Å²) in [5.74, 6) is 3.15. The lowest BCUT2D eigenvalue weighted by molar-refractivity contribution is 0.902. The summed E-state index contributed by atoms with van der Waals surface area (Å²) in [5.41, 5.74) is 2.78. The maximum Gasteiger partial charge on any atom is 0.0223 e. The highest BCUT2D eigenvalue weighted by Crippen LogP contribution is 2.14. The summed E-state index contributed by atoms with van der Waals surface area (Å²) in [6, 6.07) is 8.72. The largest absolute Gasteiger partial charge is 0.157 e. The Morgan fingerprint density at radius 1 is 1.29 bits per heavy atom. The molecule has 0 spiro atoms. The number of alkyl halides is 1. The first-order chi connectivity index (χ1) is 6.83. The van der Waals surface area contributed by atoms with Gasteiger partial charge in [0.15, 0.2) is 0 Å². The molecule has 0 amide bonds. The fraction of sp³-hybridized carbons (Fsp3) is 0.500. The number of halogens is 1. The number of hydrogen-bond donors (Lipinski definition) is 0. The molecule has 0 N–H and O–H groups in total. The zero-order valence-electron chi connectivity index (χ0n) is 8.63. The molecule has 0 saturated heterocycles. The number of benzene rings is 1. The molecule has 0 unspecified atom stereocenters. The Labute approximate surface area is 96.0 Å². The third kappa shape index (κ3) is 4.92. The second-order valence-corrected chi connectivity index (χ2v) is 4.92. The van der Waals surface area contributed by atoms with Gasteiger partial charge in [-0.05, 0) is 31.1 Å². The summed E-state index contributed by atoms with van der Waals surface area (Å²) >= 11 is 7.61. The van der Waals surface area contributed by atoms with Gasteiger partial charge in [0.2, 0.25) is 0 Å². The quantitative estimate of drug-likeness (QED) is 0.518. The van der Waals surface area contributed by atoms with E-state index in [-0.39, 0.29) is 0 Å². The SMILES string of the molecule is Cc1cccc(CSCCCCCl)c1. The van der Waals surface area contributed by atoms with Crippen molar-refractivity contribution in [3.05, 3.63) is 35.4 Å². The molecule has 0 aromatic heterocycles. The summed E-state index contributed by atoms with van der Waals surface area (Å²) in [5, 5.41) is 0. The van der Waals surface area contributed by atoms with Crippen molar-refractivity contribution in [2.75, 3.05) is 11.6 Å². The van der Waals surface area contributed by atoms with E-state index in [2.05, 4.69) is 31.2 Å². The van der Waals surface area contributed by atoms with Crippen molar-refractivity contribution in [3.8, 4) is 0 Å². The highest BCUT2D eigenvalue weighted by molar-refractivity contribution is 7.98. The van der Waals surface area contributed by atoms with E-state index in [4.69, 9.17) is 11.6 Å². The van der Waals surface area contributed by atoms with Gasteiger partial charge in [0, 0.05) is 11.6 Å². The lowest BCUT2D eigenvalue weighted by Gasteiger charge is -2.02. The number of unbranched alkanes of at least 4 members (excludes halogenated alkanes) is 1. The van der Waals surface area contributed by atoms with Gasteiger partial charge in [0.25, 0.3) is 0 Å². The maximum absolute atomic E-state index is 5.61. The third-order valence-corrected chi connectivity index (χ3v) is 3.41. The lowest BCUT2D eigenvalue weighted by atomic mass is 10.2. The molecule has 0 bridgehead atoms. The van der Waals surface area contributed by atoms with Gasteiger partial charge in [0.1, 0.15) is 0 Å². The van der Waals surface area contributed by atoms with Gasteiger partial charge in [-0.25, -0.2) is 0 Å². The summed E-state index contributed by atoms with van der Waals surface area (Å²) in [6.45, 7) is 2.14. The highest BCUT2D eigenvalue weighted by atomic mass is 35.5. The first-order valence-corrected chi connectivity index (χ1v) is 6.71. The standard InChI is InChI=1S/C12H17ClS/c1-11-5-4-6-12(9-11)10-14-8-3-2-7-13/h4-6,9H,2-3,7-8,10H2,1H3. The number of hydrogen-bond acceptors (Lipinski definition) is 1. The van der Waals surface area contributed by atoms with E-state index in [9.17, 15) is 0 Å². The first-order valence-electron chi connectivity index (χ1n) is 5.02. The molecule has 1 aromatic rings. The molecule has 2 heteroatoms. The first kappa shape index (κ1) is 11.9. The molecular formula is C12H17ClS. The smallest absolute Gasteiger partial charge is 0.0223 e. The van der Waals surface area contributed by atoms with Crippen molar-refractivity contribution < 1.29 is 0 Å². The monoisotopic (exact) mass is 228 g/mol. The molecule has 0 heterocycles. The van der Waals surface area contributed by atoms with Crippen LogP contribution < -0.4 is 0 Å². The van der Waals surface area contributed by atoms with Crippen LogP contribution in [0, 0.1) is 6.92 Å². The van der Waals surface area contributed by atoms with Crippen molar-refractivity contribution in [2.45, 2.75) is 25.5 Å². The van der Waals surface area contributed by atoms with Gasteiger partial charge < -0.3 is 0 Å². The molecule has 0 saturated carbocycles. The van der Waals surface area contributed by atoms with E-state index in [1.807, 2.05) is 11.8 Å². The molecule has 0 atom stereocenters. The molecule has 0 aliphatic rings. The van der Waals surface area contributed by atoms with Crippen LogP contribution in [0.2, 0.25) is 0 Å². The topological polar surface area (TPSA) is 0 Å². The minimum atomic E-state index is 0.797. The van der Waals surface area contributed by atoms with Crippen molar-refractivity contribution >= 4 is 23.4 Å². The van der Waals surface area contributed by atoms with Crippen LogP contribution >= 0.6 is 23.4 Å². The van der Waals surface area contributed by atoms with Crippen LogP contribution in [0.1, 0.15) is 24.0 Å². The summed E-state index contributed by atoms with van der Waals surface area (Å²) < 4.78 is 0. The van der Waals surface area contributed by atoms with E-state index in [0.717, 1.165) is 18.1 Å². The molecule has 0 aliphatic heterocycles. The zero-order valence-corrected chi connectivity index (χ0v) is 10.2. The fourth-order valence-corrected chi connectivity index (χ4v) is 2.45. The molecule has 14 heavy (non-hydrogen) atoms. The van der Waals surface area contributed by atoms with Crippen molar-refractivity contribution in [1.29, 1.82) is 0 Å². The molecule has 1 aromatic carbocycles. The Morgan fingerprint density at radius 2 is 2.14 bits per heavy atom. The third-order valence-electron chi connectivity index (χ3n) is 2.02. The molecule has 78 valence electrons. The van der Waals surface area contributed by atoms with Crippen LogP contribution in [-0.4, -0.2) is 11.6 Å². The second kappa shape index (κ2) is 7.19. The van der Waals surface area contributed by atoms with Crippen LogP contribution in [0.4, 0.5) is 0 Å². The van der Waals surface area contributed by atoms with E-state index in [0.29, 0.717) is 0 Å². The normalized spacial score (nSPS) is 10.4. The van der Waals surface area contributed by atoms with Gasteiger partial charge in [-0.3, -0.25) is 0 Å². The Balaban J connectivity index is 2.18. The van der Waals surface area contributed by atoms with Crippen LogP contribution in [0.25, 0.3) is 0 Å². The zero-order chi connectivity index (χ0) is 10.2. The maximum atomic E-state index is 5.61. The second-order valence-electron chi connectivity index (χ2n) is 3.44. The predicted octanol–water partition coefficient (Wildman–Crippen LogP) is 4.25. The van der Waals surface area contributed by atoms with Crippen LogP contribution in [0.3, 0.4) is 0 Å². The van der Waals surface area contributed by atoms with E-state index >= 15 is 0 Å². The number of rotatable bonds is 6. The molecule has 0 radical (unpaired) electrons. The minimum Gasteiger partial charge on any atom is -0.157 e. The lowest BCUT2D eigenvalue weighted by Crippen LogP contribution is -1.85. The predicted molar refractivity (Wildman–Crippen MR) is 67.3 cm³/mol. The average Bonchev–Trinajstić information content (AvgIpc) is 2.18. The van der Waals surface area contributed by atoms with Gasteiger partial charge in [0.05, 0.1) is 0 Å². The Hall–Kier alpha value is -0.140. The van der Waals surface area contributed by atoms with Crippen molar-refractivity contribution in [2.24, 2.45) is 0 Å². The average molecular weight is 229 g/mol. The Kier molecular flexibility index (Phi) is 6.13. The van der Waals surface area contributed by atoms with Gasteiger partial charge in [-0.1, -0.05) is 29.8 Å². The van der Waals surface area contributed by atoms with E-state index in [1.165, 1.54) is 23.3 Å². The van der Waals surface area contributed by atoms with E-state index in [1.54, 1.807) is 0 Å². The summed E-state index contributed by atoms with van der Waals surface area (Å²) in [4.78, 5) is 0. The van der Waals surface area contributed by atoms with Crippen LogP contribution in [-0.2, 0) is 5.75 Å². The fourth-order valence-electron chi connectivity index (χ4n) is 1.29. The van der Waals surface area contributed by atoms with E-state index < -0.39 is 0 Å². The van der Waals surface area contributed by atoms with Crippen molar-refractivity contribution in [1.82, 2.24) is 0 Å². The van der Waals surface area contributed by atoms with Gasteiger partial charge in [-0.15, -0.1) is 11.6 Å². The minimum absolute atomic E-state index is 0.797. The van der Waals surface area contributed by atoms with Gasteiger partial charge >= 0.3 is 0 Å². The highest BCUT2D eigenvalue weighted by Gasteiger charge is 1.94. The number of thioether (sulfide) groups is 1. The Bertz CT molecular complexity index is 260.